The summed E-state index contributed by atoms with van der Waals surface area (Å²) in [6.45, 7) is 5.97. The van der Waals surface area contributed by atoms with Crippen molar-refractivity contribution in [1.29, 1.82) is 0 Å². The van der Waals surface area contributed by atoms with Crippen molar-refractivity contribution in [1.82, 2.24) is 4.90 Å². The predicted octanol–water partition coefficient (Wildman–Crippen LogP) is 4.15. The molecule has 6 heteroatoms. The summed E-state index contributed by atoms with van der Waals surface area (Å²) in [6.07, 6.45) is 0. The highest BCUT2D eigenvalue weighted by Gasteiger charge is 2.17. The largest absolute Gasteiger partial charge is 0.332 e. The van der Waals surface area contributed by atoms with Gasteiger partial charge in [0.2, 0.25) is 5.91 Å². The van der Waals surface area contributed by atoms with Crippen LogP contribution in [0.4, 0.5) is 5.69 Å². The van der Waals surface area contributed by atoms with E-state index in [0.29, 0.717) is 4.88 Å². The van der Waals surface area contributed by atoms with Gasteiger partial charge >= 0.3 is 0 Å². The van der Waals surface area contributed by atoms with Crippen LogP contribution in [0, 0.1) is 20.8 Å². The zero-order chi connectivity index (χ0) is 17.1. The maximum Gasteiger partial charge on any atom is 0.264 e. The van der Waals surface area contributed by atoms with Crippen molar-refractivity contribution in [3.05, 3.63) is 49.6 Å². The Bertz CT molecular complexity index is 732. The second kappa shape index (κ2) is 7.27. The van der Waals surface area contributed by atoms with Crippen LogP contribution in [0.1, 0.15) is 26.4 Å². The van der Waals surface area contributed by atoms with Crippen LogP contribution in [-0.2, 0) is 4.79 Å². The summed E-state index contributed by atoms with van der Waals surface area (Å²) < 4.78 is 0.893. The molecule has 0 saturated heterocycles. The van der Waals surface area contributed by atoms with E-state index in [9.17, 15) is 9.59 Å². The molecular formula is C17H19BrN2O2S. The fraction of sp³-hybridized carbons (Fsp3) is 0.294. The van der Waals surface area contributed by atoms with Crippen molar-refractivity contribution in [2.45, 2.75) is 20.8 Å². The molecular weight excluding hydrogens is 376 g/mol. The quantitative estimate of drug-likeness (QED) is 0.846. The lowest BCUT2D eigenvalue weighted by molar-refractivity contribution is -0.116. The number of benzene rings is 1. The van der Waals surface area contributed by atoms with Gasteiger partial charge in [0, 0.05) is 12.7 Å². The molecule has 0 radical (unpaired) electrons. The molecule has 0 saturated carbocycles. The summed E-state index contributed by atoms with van der Waals surface area (Å²) in [5, 5.41) is 2.91. The van der Waals surface area contributed by atoms with Gasteiger partial charge < -0.3 is 10.2 Å². The van der Waals surface area contributed by atoms with Gasteiger partial charge in [-0.2, -0.15) is 0 Å². The molecule has 0 aliphatic heterocycles. The minimum Gasteiger partial charge on any atom is -0.332 e. The first-order chi connectivity index (χ1) is 10.8. The third kappa shape index (κ3) is 4.42. The van der Waals surface area contributed by atoms with Gasteiger partial charge in [-0.3, -0.25) is 9.59 Å². The fourth-order valence-electron chi connectivity index (χ4n) is 2.46. The monoisotopic (exact) mass is 394 g/mol. The maximum absolute atomic E-state index is 12.3. The summed E-state index contributed by atoms with van der Waals surface area (Å²) >= 11 is 4.69. The van der Waals surface area contributed by atoms with E-state index in [-0.39, 0.29) is 18.4 Å². The van der Waals surface area contributed by atoms with Crippen LogP contribution in [0.2, 0.25) is 0 Å². The van der Waals surface area contributed by atoms with Crippen molar-refractivity contribution in [2.75, 3.05) is 18.9 Å². The van der Waals surface area contributed by atoms with Crippen LogP contribution in [0.25, 0.3) is 0 Å². The Balaban J connectivity index is 2.03. The summed E-state index contributed by atoms with van der Waals surface area (Å²) in [4.78, 5) is 26.5. The summed E-state index contributed by atoms with van der Waals surface area (Å²) in [5.74, 6) is -0.361. The summed E-state index contributed by atoms with van der Waals surface area (Å²) in [5.41, 5.74) is 4.02. The van der Waals surface area contributed by atoms with Crippen molar-refractivity contribution in [2.24, 2.45) is 0 Å². The zero-order valence-electron chi connectivity index (χ0n) is 13.6. The number of thiophene rings is 1. The van der Waals surface area contributed by atoms with Gasteiger partial charge in [0.1, 0.15) is 0 Å². The number of hydrogen-bond acceptors (Lipinski definition) is 3. The standard InChI is InChI=1S/C17H19BrN2O2S/c1-10-7-11(2)16(12(3)8-10)19-15(21)9-20(4)17(22)13-5-6-14(18)23-13/h5-8H,9H2,1-4H3,(H,19,21). The Morgan fingerprint density at radius 3 is 2.30 bits per heavy atom. The topological polar surface area (TPSA) is 49.4 Å². The number of amides is 2. The van der Waals surface area contributed by atoms with Gasteiger partial charge in [0.15, 0.2) is 0 Å². The van der Waals surface area contributed by atoms with Gasteiger partial charge in [0.25, 0.3) is 5.91 Å². The predicted molar refractivity (Wildman–Crippen MR) is 98.3 cm³/mol. The fourth-order valence-corrected chi connectivity index (χ4v) is 3.84. The van der Waals surface area contributed by atoms with E-state index in [2.05, 4.69) is 21.2 Å². The van der Waals surface area contributed by atoms with Crippen LogP contribution >= 0.6 is 27.3 Å². The molecule has 0 bridgehead atoms. The Kier molecular flexibility index (Phi) is 5.59. The van der Waals surface area contributed by atoms with Gasteiger partial charge in [-0.05, 0) is 60.0 Å². The smallest absolute Gasteiger partial charge is 0.264 e. The molecule has 1 aromatic carbocycles. The van der Waals surface area contributed by atoms with Gasteiger partial charge in [-0.15, -0.1) is 11.3 Å². The third-order valence-corrected chi connectivity index (χ3v) is 5.06. The van der Waals surface area contributed by atoms with E-state index in [4.69, 9.17) is 0 Å². The maximum atomic E-state index is 12.3. The molecule has 0 unspecified atom stereocenters. The van der Waals surface area contributed by atoms with Crippen LogP contribution < -0.4 is 5.32 Å². The second-order valence-electron chi connectivity index (χ2n) is 5.59. The Morgan fingerprint density at radius 1 is 1.17 bits per heavy atom. The molecule has 0 aliphatic carbocycles. The van der Waals surface area contributed by atoms with Crippen LogP contribution in [0.3, 0.4) is 0 Å². The van der Waals surface area contributed by atoms with Gasteiger partial charge in [0.05, 0.1) is 15.2 Å². The minimum absolute atomic E-state index is 0.0150. The molecule has 0 fully saturated rings. The minimum atomic E-state index is -0.202. The van der Waals surface area contributed by atoms with Crippen LogP contribution in [0.15, 0.2) is 28.1 Å². The number of aryl methyl sites for hydroxylation is 3. The lowest BCUT2D eigenvalue weighted by atomic mass is 10.1. The Labute approximate surface area is 148 Å². The van der Waals surface area contributed by atoms with E-state index in [0.717, 1.165) is 26.2 Å². The SMILES string of the molecule is Cc1cc(C)c(NC(=O)CN(C)C(=O)c2ccc(Br)s2)c(C)c1. The molecule has 1 aromatic heterocycles. The van der Waals surface area contributed by atoms with Gasteiger partial charge in [-0.1, -0.05) is 17.7 Å². The summed E-state index contributed by atoms with van der Waals surface area (Å²) in [7, 11) is 1.63. The number of carbonyl (C=O) groups excluding carboxylic acids is 2. The van der Waals surface area contributed by atoms with Gasteiger partial charge in [-0.25, -0.2) is 0 Å². The highest BCUT2D eigenvalue weighted by molar-refractivity contribution is 9.11. The first-order valence-electron chi connectivity index (χ1n) is 7.16. The number of hydrogen-bond donors (Lipinski definition) is 1. The Hall–Kier alpha value is -1.66. The van der Waals surface area contributed by atoms with E-state index < -0.39 is 0 Å². The van der Waals surface area contributed by atoms with E-state index in [1.807, 2.05) is 39.0 Å². The average molecular weight is 395 g/mol. The number of rotatable bonds is 4. The molecule has 2 aromatic rings. The van der Waals surface area contributed by atoms with E-state index in [1.165, 1.54) is 16.2 Å². The molecule has 0 aliphatic rings. The Morgan fingerprint density at radius 2 is 1.78 bits per heavy atom. The lowest BCUT2D eigenvalue weighted by Gasteiger charge is -2.18. The van der Waals surface area contributed by atoms with E-state index >= 15 is 0 Å². The number of carbonyl (C=O) groups is 2. The van der Waals surface area contributed by atoms with Crippen molar-refractivity contribution < 1.29 is 9.59 Å². The van der Waals surface area contributed by atoms with Crippen LogP contribution in [0.5, 0.6) is 0 Å². The highest BCUT2D eigenvalue weighted by atomic mass is 79.9. The number of nitrogens with one attached hydrogen (secondary N) is 1. The molecule has 4 nitrogen and oxygen atoms in total. The number of halogens is 1. The second-order valence-corrected chi connectivity index (χ2v) is 8.05. The van der Waals surface area contributed by atoms with Crippen LogP contribution in [-0.4, -0.2) is 30.3 Å². The molecule has 2 amide bonds. The molecule has 0 spiro atoms. The number of likely N-dealkylation sites (N-methyl/N-ethyl adjacent to an activating group) is 1. The first kappa shape index (κ1) is 17.7. The number of anilines is 1. The summed E-state index contributed by atoms with van der Waals surface area (Å²) in [6, 6.07) is 7.63. The molecule has 2 rings (SSSR count). The molecule has 122 valence electrons. The zero-order valence-corrected chi connectivity index (χ0v) is 16.0. The van der Waals surface area contributed by atoms with Crippen molar-refractivity contribution >= 4 is 44.8 Å². The number of nitrogens with zero attached hydrogens (tertiary/aromatic N) is 1. The highest BCUT2D eigenvalue weighted by Crippen LogP contribution is 2.24. The first-order valence-corrected chi connectivity index (χ1v) is 8.77. The van der Waals surface area contributed by atoms with Crippen molar-refractivity contribution in [3.63, 3.8) is 0 Å². The molecule has 1 N–H and O–H groups in total. The molecule has 1 heterocycles. The lowest BCUT2D eigenvalue weighted by Crippen LogP contribution is -2.34. The third-order valence-electron chi connectivity index (χ3n) is 3.45. The molecule has 23 heavy (non-hydrogen) atoms. The average Bonchev–Trinajstić information content (AvgIpc) is 2.88. The molecule has 0 atom stereocenters. The normalized spacial score (nSPS) is 10.5. The van der Waals surface area contributed by atoms with E-state index in [1.54, 1.807) is 13.1 Å². The van der Waals surface area contributed by atoms with Crippen molar-refractivity contribution in [3.8, 4) is 0 Å².